The summed E-state index contributed by atoms with van der Waals surface area (Å²) in [7, 11) is 1.58. The van der Waals surface area contributed by atoms with Crippen molar-refractivity contribution in [3.63, 3.8) is 0 Å². The topological polar surface area (TPSA) is 141 Å². The number of hydrogen-bond acceptors (Lipinski definition) is 11. The molecular weight excluding hydrogens is 799 g/mol. The van der Waals surface area contributed by atoms with Crippen LogP contribution in [0.2, 0.25) is 0 Å². The van der Waals surface area contributed by atoms with Gasteiger partial charge in [-0.05, 0) is 110 Å². The van der Waals surface area contributed by atoms with E-state index < -0.39 is 17.7 Å². The third-order valence-corrected chi connectivity index (χ3v) is 13.9. The number of hydrogen-bond donors (Lipinski definition) is 2. The Hall–Kier alpha value is -4.91. The van der Waals surface area contributed by atoms with E-state index in [1.54, 1.807) is 13.2 Å². The van der Waals surface area contributed by atoms with Crippen LogP contribution < -0.4 is 18.9 Å². The summed E-state index contributed by atoms with van der Waals surface area (Å²) in [4.78, 5) is 27.5. The Labute approximate surface area is 372 Å². The van der Waals surface area contributed by atoms with Gasteiger partial charge >= 0.3 is 0 Å². The summed E-state index contributed by atoms with van der Waals surface area (Å²) in [5.41, 5.74) is 5.44. The predicted octanol–water partition coefficient (Wildman–Crippen LogP) is 8.96. The van der Waals surface area contributed by atoms with Gasteiger partial charge in [0.15, 0.2) is 11.5 Å². The summed E-state index contributed by atoms with van der Waals surface area (Å²) in [6, 6.07) is 17.2. The molecule has 63 heavy (non-hydrogen) atoms. The van der Waals surface area contributed by atoms with E-state index in [1.165, 1.54) is 12.8 Å². The van der Waals surface area contributed by atoms with E-state index in [-0.39, 0.29) is 50.3 Å². The highest BCUT2D eigenvalue weighted by Gasteiger charge is 2.65. The minimum atomic E-state index is -1.36. The first kappa shape index (κ1) is 44.7. The van der Waals surface area contributed by atoms with Crippen LogP contribution in [0.3, 0.4) is 0 Å². The number of allylic oxidation sites excluding steroid dienone is 1. The van der Waals surface area contributed by atoms with Gasteiger partial charge in [-0.15, -0.1) is 6.58 Å². The molecule has 2 N–H and O–H groups in total. The van der Waals surface area contributed by atoms with Crippen LogP contribution in [0.25, 0.3) is 0 Å². The Morgan fingerprint density at radius 3 is 2.56 bits per heavy atom. The van der Waals surface area contributed by atoms with E-state index in [4.69, 9.17) is 33.7 Å². The van der Waals surface area contributed by atoms with Crippen molar-refractivity contribution in [2.24, 2.45) is 28.8 Å². The molecule has 6 unspecified atom stereocenters. The van der Waals surface area contributed by atoms with Gasteiger partial charge in [-0.3, -0.25) is 9.78 Å². The molecule has 2 aliphatic heterocycles. The highest BCUT2D eigenvalue weighted by molar-refractivity contribution is 6.03. The summed E-state index contributed by atoms with van der Waals surface area (Å²) >= 11 is 0. The summed E-state index contributed by atoms with van der Waals surface area (Å²) in [6.07, 6.45) is 15.2. The van der Waals surface area contributed by atoms with E-state index >= 15 is 4.79 Å². The molecule has 2 saturated carbocycles. The molecule has 1 amide bonds. The molecule has 0 bridgehead atoms. The van der Waals surface area contributed by atoms with Crippen LogP contribution in [-0.2, 0) is 27.5 Å². The lowest BCUT2D eigenvalue weighted by Gasteiger charge is -2.60. The van der Waals surface area contributed by atoms with Crippen molar-refractivity contribution in [2.45, 2.75) is 121 Å². The zero-order chi connectivity index (χ0) is 43.8. The molecule has 0 spiro atoms. The molecule has 3 aliphatic carbocycles. The van der Waals surface area contributed by atoms with Crippen molar-refractivity contribution in [1.29, 1.82) is 0 Å². The third kappa shape index (κ3) is 9.78. The highest BCUT2D eigenvalue weighted by Crippen LogP contribution is 2.62. The van der Waals surface area contributed by atoms with Crippen LogP contribution in [0.1, 0.15) is 112 Å². The molecule has 338 valence electrons. The number of nitrogens with zero attached hydrogens (tertiary/aromatic N) is 3. The van der Waals surface area contributed by atoms with Crippen LogP contribution in [-0.4, -0.2) is 77.3 Å². The maximum absolute atomic E-state index is 15.2. The van der Waals surface area contributed by atoms with Crippen molar-refractivity contribution in [1.82, 2.24) is 9.88 Å². The van der Waals surface area contributed by atoms with Gasteiger partial charge in [-0.1, -0.05) is 68.0 Å². The Morgan fingerprint density at radius 2 is 1.78 bits per heavy atom. The Balaban J connectivity index is 1.28. The molecule has 2 aromatic carbocycles. The number of carbonyl (C=O) groups is 1. The van der Waals surface area contributed by atoms with E-state index in [9.17, 15) is 10.2 Å². The molecule has 0 saturated heterocycles. The van der Waals surface area contributed by atoms with Gasteiger partial charge in [0.2, 0.25) is 18.5 Å². The molecule has 12 heteroatoms. The first-order chi connectivity index (χ1) is 30.8. The number of aryl methyl sites for hydroxylation is 1. The summed E-state index contributed by atoms with van der Waals surface area (Å²) in [5.74, 6) is 1.56. The van der Waals surface area contributed by atoms with E-state index in [0.717, 1.165) is 78.7 Å². The Bertz CT molecular complexity index is 2120. The second-order valence-electron chi connectivity index (χ2n) is 17.9. The second kappa shape index (κ2) is 20.7. The summed E-state index contributed by atoms with van der Waals surface area (Å²) < 4.78 is 32.7. The SMILES string of the molecule is C=CCOC12Oc3ccc(OCc4cccc(C)n4)cc3C3C(CCCCO)C(CCCCO)C=C(C(=NOC)CC1N(Cc1ccc4c(c1)OCO4)C(=O)CCC1CCCC1)C32. The van der Waals surface area contributed by atoms with Gasteiger partial charge in [0.25, 0.3) is 0 Å². The first-order valence-electron chi connectivity index (χ1n) is 23.2. The number of benzene rings is 2. The highest BCUT2D eigenvalue weighted by atomic mass is 16.7. The van der Waals surface area contributed by atoms with Gasteiger partial charge in [-0.25, -0.2) is 0 Å². The van der Waals surface area contributed by atoms with E-state index in [0.29, 0.717) is 67.8 Å². The van der Waals surface area contributed by atoms with Crippen LogP contribution in [0.15, 0.2) is 84.1 Å². The van der Waals surface area contributed by atoms with E-state index in [1.807, 2.05) is 60.4 Å². The number of pyridine rings is 1. The number of aromatic nitrogens is 1. The number of aliphatic hydroxyl groups is 2. The van der Waals surface area contributed by atoms with Gasteiger partial charge in [0.1, 0.15) is 31.3 Å². The average molecular weight is 864 g/mol. The normalized spacial score (nSPS) is 25.2. The van der Waals surface area contributed by atoms with Crippen molar-refractivity contribution in [2.75, 3.05) is 33.7 Å². The molecule has 5 aliphatic rings. The number of unbranched alkanes of at least 4 members (excludes halogenated alkanes) is 2. The molecule has 12 nitrogen and oxygen atoms in total. The lowest BCUT2D eigenvalue weighted by molar-refractivity contribution is -0.258. The van der Waals surface area contributed by atoms with Crippen LogP contribution in [0.4, 0.5) is 0 Å². The van der Waals surface area contributed by atoms with Gasteiger partial charge in [-0.2, -0.15) is 0 Å². The molecule has 6 atom stereocenters. The van der Waals surface area contributed by atoms with Crippen molar-refractivity contribution >= 4 is 11.6 Å². The number of carbonyl (C=O) groups excluding carboxylic acids is 1. The largest absolute Gasteiger partial charge is 0.487 e. The molecule has 8 rings (SSSR count). The lowest BCUT2D eigenvalue weighted by Crippen LogP contribution is -2.70. The fourth-order valence-corrected chi connectivity index (χ4v) is 11.1. The summed E-state index contributed by atoms with van der Waals surface area (Å²) in [5, 5.41) is 24.7. The Morgan fingerprint density at radius 1 is 0.984 bits per heavy atom. The van der Waals surface area contributed by atoms with Crippen LogP contribution in [0.5, 0.6) is 23.0 Å². The fourth-order valence-electron chi connectivity index (χ4n) is 11.1. The van der Waals surface area contributed by atoms with Crippen molar-refractivity contribution in [3.8, 4) is 23.0 Å². The Kier molecular flexibility index (Phi) is 14.7. The van der Waals surface area contributed by atoms with Crippen LogP contribution >= 0.6 is 0 Å². The molecule has 1 aromatic heterocycles. The summed E-state index contributed by atoms with van der Waals surface area (Å²) in [6.45, 7) is 7.24. The number of oxime groups is 1. The number of ether oxygens (including phenoxy) is 5. The maximum Gasteiger partial charge on any atom is 0.239 e. The van der Waals surface area contributed by atoms with Gasteiger partial charge in [0, 0.05) is 49.8 Å². The number of fused-ring (bicyclic) bond motifs is 3. The van der Waals surface area contributed by atoms with Crippen LogP contribution in [0, 0.1) is 30.6 Å². The molecular formula is C51H65N3O9. The van der Waals surface area contributed by atoms with Crippen molar-refractivity contribution in [3.05, 3.63) is 101 Å². The van der Waals surface area contributed by atoms with Gasteiger partial charge < -0.3 is 43.6 Å². The standard InChI is InChI=1S/C51H65N3O9/c1-4-26-62-51-47(54(48(57)23-19-35-13-5-6-14-35)31-36-18-21-45-46(27-36)61-33-60-45)30-43(53-58-3)41-28-37(15-7-9-24-55)40(17-8-10-25-56)49(50(41)51)42-29-39(20-22-44(42)63-51)59-32-38-16-11-12-34(2)52-38/h4,11-12,16,18,20-22,27-29,35,37,40,47,49-50,55-56H,1,5-10,13-15,17,19,23-26,30-33H2,2-3H3. The monoisotopic (exact) mass is 863 g/mol. The third-order valence-electron chi connectivity index (χ3n) is 13.9. The molecule has 2 fully saturated rings. The second-order valence-corrected chi connectivity index (χ2v) is 17.9. The zero-order valence-corrected chi connectivity index (χ0v) is 37.1. The number of rotatable bonds is 21. The fraction of sp³-hybridized carbons (Fsp3) is 0.549. The minimum absolute atomic E-state index is 0.0342. The molecule has 3 aromatic rings. The number of amides is 1. The lowest BCUT2D eigenvalue weighted by atomic mass is 9.55. The maximum atomic E-state index is 15.2. The molecule has 0 radical (unpaired) electrons. The molecule has 3 heterocycles. The average Bonchev–Trinajstić information content (AvgIpc) is 4.00. The minimum Gasteiger partial charge on any atom is -0.487 e. The zero-order valence-electron chi connectivity index (χ0n) is 37.1. The van der Waals surface area contributed by atoms with Crippen molar-refractivity contribution < 1.29 is 43.5 Å². The van der Waals surface area contributed by atoms with E-state index in [2.05, 4.69) is 23.7 Å². The van der Waals surface area contributed by atoms with Gasteiger partial charge in [0.05, 0.1) is 23.9 Å². The smallest absolute Gasteiger partial charge is 0.239 e. The predicted molar refractivity (Wildman–Crippen MR) is 240 cm³/mol. The number of aliphatic hydroxyl groups excluding tert-OH is 2. The quantitative estimate of drug-likeness (QED) is 0.0606. The first-order valence-corrected chi connectivity index (χ1v) is 23.2.